The fraction of sp³-hybridized carbons (Fsp3) is 0.316. The van der Waals surface area contributed by atoms with Gasteiger partial charge in [-0.2, -0.15) is 0 Å². The summed E-state index contributed by atoms with van der Waals surface area (Å²) in [6.45, 7) is 5.09. The van der Waals surface area contributed by atoms with Gasteiger partial charge in [0.15, 0.2) is 0 Å². The first kappa shape index (κ1) is 17.9. The number of nitrogens with one attached hydrogen (secondary N) is 2. The van der Waals surface area contributed by atoms with Crippen molar-refractivity contribution in [2.75, 3.05) is 11.9 Å². The Morgan fingerprint density at radius 2 is 1.75 bits per heavy atom. The fourth-order valence-electron chi connectivity index (χ4n) is 2.15. The van der Waals surface area contributed by atoms with Gasteiger partial charge >= 0.3 is 0 Å². The topological polar surface area (TPSA) is 50.4 Å². The normalized spacial score (nSPS) is 10.7. The van der Waals surface area contributed by atoms with E-state index in [1.54, 1.807) is 12.1 Å². The smallest absolute Gasteiger partial charge is 0.225 e. The summed E-state index contributed by atoms with van der Waals surface area (Å²) in [4.78, 5) is 11.9. The lowest BCUT2D eigenvalue weighted by atomic mass is 10.2. The van der Waals surface area contributed by atoms with Gasteiger partial charge in [0.05, 0.1) is 6.10 Å². The molecule has 24 heavy (non-hydrogen) atoms. The lowest BCUT2D eigenvalue weighted by Gasteiger charge is -2.11. The number of rotatable bonds is 8. The molecule has 0 saturated carbocycles. The minimum atomic E-state index is -0.247. The van der Waals surface area contributed by atoms with Crippen LogP contribution in [0.3, 0.4) is 0 Å². The van der Waals surface area contributed by atoms with Gasteiger partial charge in [-0.25, -0.2) is 4.39 Å². The molecule has 1 amide bonds. The molecule has 0 aliphatic heterocycles. The second-order valence-corrected chi connectivity index (χ2v) is 5.79. The molecule has 4 nitrogen and oxygen atoms in total. The van der Waals surface area contributed by atoms with Crippen LogP contribution in [0.15, 0.2) is 48.5 Å². The highest BCUT2D eigenvalue weighted by Crippen LogP contribution is 2.17. The summed E-state index contributed by atoms with van der Waals surface area (Å²) in [6.07, 6.45) is 0.489. The average molecular weight is 330 g/mol. The van der Waals surface area contributed by atoms with Crippen LogP contribution in [-0.2, 0) is 11.3 Å². The molecule has 0 aliphatic rings. The monoisotopic (exact) mass is 330 g/mol. The van der Waals surface area contributed by atoms with Crippen molar-refractivity contribution < 1.29 is 13.9 Å². The number of halogens is 1. The van der Waals surface area contributed by atoms with E-state index in [-0.39, 0.29) is 17.8 Å². The fourth-order valence-corrected chi connectivity index (χ4v) is 2.15. The van der Waals surface area contributed by atoms with Crippen molar-refractivity contribution >= 4 is 11.6 Å². The molecular weight excluding hydrogens is 307 g/mol. The van der Waals surface area contributed by atoms with Crippen LogP contribution in [0.2, 0.25) is 0 Å². The summed E-state index contributed by atoms with van der Waals surface area (Å²) < 4.78 is 18.4. The molecule has 2 aromatic rings. The quantitative estimate of drug-likeness (QED) is 0.725. The zero-order chi connectivity index (χ0) is 17.4. The summed E-state index contributed by atoms with van der Waals surface area (Å²) in [7, 11) is 0. The second-order valence-electron chi connectivity index (χ2n) is 5.79. The van der Waals surface area contributed by atoms with E-state index in [0.29, 0.717) is 19.5 Å². The van der Waals surface area contributed by atoms with E-state index in [9.17, 15) is 9.18 Å². The highest BCUT2D eigenvalue weighted by molar-refractivity contribution is 5.90. The van der Waals surface area contributed by atoms with Gasteiger partial charge in [-0.15, -0.1) is 0 Å². The van der Waals surface area contributed by atoms with Crippen molar-refractivity contribution in [3.05, 3.63) is 59.9 Å². The minimum absolute atomic E-state index is 0.0564. The van der Waals surface area contributed by atoms with Crippen LogP contribution in [0.1, 0.15) is 25.8 Å². The standard InChI is InChI=1S/C19H23FN2O2/c1-14(2)24-18-9-7-17(8-10-18)22-19(23)11-12-21-13-15-3-5-16(20)6-4-15/h3-10,14,21H,11-13H2,1-2H3,(H,22,23). The van der Waals surface area contributed by atoms with Gasteiger partial charge < -0.3 is 15.4 Å². The van der Waals surface area contributed by atoms with Gasteiger partial charge in [0.25, 0.3) is 0 Å². The van der Waals surface area contributed by atoms with Gasteiger partial charge in [-0.3, -0.25) is 4.79 Å². The molecule has 128 valence electrons. The summed E-state index contributed by atoms with van der Waals surface area (Å²) in [5.41, 5.74) is 1.73. The van der Waals surface area contributed by atoms with Crippen LogP contribution in [0.5, 0.6) is 5.75 Å². The van der Waals surface area contributed by atoms with E-state index in [1.165, 1.54) is 12.1 Å². The van der Waals surface area contributed by atoms with Crippen molar-refractivity contribution in [3.8, 4) is 5.75 Å². The van der Waals surface area contributed by atoms with Crippen LogP contribution in [0.4, 0.5) is 10.1 Å². The van der Waals surface area contributed by atoms with Crippen LogP contribution in [0.25, 0.3) is 0 Å². The van der Waals surface area contributed by atoms with Crippen molar-refractivity contribution in [1.29, 1.82) is 0 Å². The third kappa shape index (κ3) is 6.38. The molecular formula is C19H23FN2O2. The van der Waals surface area contributed by atoms with Gasteiger partial charge in [0, 0.05) is 25.2 Å². The number of benzene rings is 2. The molecule has 2 aromatic carbocycles. The number of hydrogen-bond donors (Lipinski definition) is 2. The number of amides is 1. The van der Waals surface area contributed by atoms with E-state index >= 15 is 0 Å². The molecule has 0 unspecified atom stereocenters. The summed E-state index contributed by atoms with van der Waals surface area (Å²) in [5, 5.41) is 6.01. The summed E-state index contributed by atoms with van der Waals surface area (Å²) in [6, 6.07) is 13.6. The summed E-state index contributed by atoms with van der Waals surface area (Å²) >= 11 is 0. The molecule has 5 heteroatoms. The Balaban J connectivity index is 1.68. The average Bonchev–Trinajstić information content (AvgIpc) is 2.55. The maximum Gasteiger partial charge on any atom is 0.225 e. The number of carbonyl (C=O) groups excluding carboxylic acids is 1. The van der Waals surface area contributed by atoms with E-state index in [2.05, 4.69) is 10.6 Å². The Morgan fingerprint density at radius 3 is 2.38 bits per heavy atom. The Morgan fingerprint density at radius 1 is 1.08 bits per heavy atom. The predicted molar refractivity (Wildman–Crippen MR) is 93.6 cm³/mol. The molecule has 0 aliphatic carbocycles. The SMILES string of the molecule is CC(C)Oc1ccc(NC(=O)CCNCc2ccc(F)cc2)cc1. The van der Waals surface area contributed by atoms with Gasteiger partial charge in [0.2, 0.25) is 5.91 Å². The highest BCUT2D eigenvalue weighted by Gasteiger charge is 2.03. The van der Waals surface area contributed by atoms with E-state index < -0.39 is 0 Å². The highest BCUT2D eigenvalue weighted by atomic mass is 19.1. The lowest BCUT2D eigenvalue weighted by molar-refractivity contribution is -0.116. The van der Waals surface area contributed by atoms with Gasteiger partial charge in [-0.05, 0) is 55.8 Å². The van der Waals surface area contributed by atoms with E-state index in [1.807, 2.05) is 38.1 Å². The number of hydrogen-bond acceptors (Lipinski definition) is 3. The zero-order valence-corrected chi connectivity index (χ0v) is 14.0. The molecule has 2 N–H and O–H groups in total. The number of ether oxygens (including phenoxy) is 1. The van der Waals surface area contributed by atoms with Crippen LogP contribution in [0, 0.1) is 5.82 Å². The maximum absolute atomic E-state index is 12.8. The van der Waals surface area contributed by atoms with Crippen molar-refractivity contribution in [1.82, 2.24) is 5.32 Å². The largest absolute Gasteiger partial charge is 0.491 e. The Bertz CT molecular complexity index is 639. The van der Waals surface area contributed by atoms with Gasteiger partial charge in [-0.1, -0.05) is 12.1 Å². The molecule has 0 radical (unpaired) electrons. The molecule has 2 rings (SSSR count). The molecule has 0 saturated heterocycles. The van der Waals surface area contributed by atoms with Crippen molar-refractivity contribution in [2.45, 2.75) is 32.9 Å². The van der Waals surface area contributed by atoms with E-state index in [0.717, 1.165) is 17.0 Å². The number of carbonyl (C=O) groups is 1. The lowest BCUT2D eigenvalue weighted by Crippen LogP contribution is -2.21. The zero-order valence-electron chi connectivity index (χ0n) is 14.0. The molecule has 0 aromatic heterocycles. The molecule has 0 atom stereocenters. The Kier molecular flexibility index (Phi) is 6.75. The first-order chi connectivity index (χ1) is 11.5. The molecule has 0 spiro atoms. The van der Waals surface area contributed by atoms with Crippen molar-refractivity contribution in [3.63, 3.8) is 0 Å². The summed E-state index contributed by atoms with van der Waals surface area (Å²) in [5.74, 6) is 0.478. The van der Waals surface area contributed by atoms with Gasteiger partial charge in [0.1, 0.15) is 11.6 Å². The minimum Gasteiger partial charge on any atom is -0.491 e. The molecule has 0 heterocycles. The molecule has 0 bridgehead atoms. The third-order valence-corrected chi connectivity index (χ3v) is 3.28. The van der Waals surface area contributed by atoms with Crippen LogP contribution in [-0.4, -0.2) is 18.6 Å². The number of anilines is 1. The van der Waals surface area contributed by atoms with Crippen molar-refractivity contribution in [2.24, 2.45) is 0 Å². The van der Waals surface area contributed by atoms with Crippen LogP contribution < -0.4 is 15.4 Å². The third-order valence-electron chi connectivity index (χ3n) is 3.28. The van der Waals surface area contributed by atoms with E-state index in [4.69, 9.17) is 4.74 Å². The van der Waals surface area contributed by atoms with Crippen LogP contribution >= 0.6 is 0 Å². The first-order valence-corrected chi connectivity index (χ1v) is 8.04. The maximum atomic E-state index is 12.8. The Hall–Kier alpha value is -2.40. The Labute approximate surface area is 142 Å². The second kappa shape index (κ2) is 9.03. The molecule has 0 fully saturated rings. The predicted octanol–water partition coefficient (Wildman–Crippen LogP) is 3.73. The first-order valence-electron chi connectivity index (χ1n) is 8.04.